The van der Waals surface area contributed by atoms with Crippen LogP contribution in [0.1, 0.15) is 22.0 Å². The second-order valence-electron chi connectivity index (χ2n) is 6.62. The molecule has 0 amide bonds. The number of hydrogen-bond donors (Lipinski definition) is 0. The Kier molecular flexibility index (Phi) is 5.65. The van der Waals surface area contributed by atoms with Crippen LogP contribution in [0.5, 0.6) is 0 Å². The SMILES string of the molecule is O=C(OCc1nnc(-c2ccc([N+](=O)[O-])cc2)o1)c1ccc(-c2cccc(C(F)(F)F)c2)o1. The van der Waals surface area contributed by atoms with E-state index < -0.39 is 29.2 Å². The van der Waals surface area contributed by atoms with Gasteiger partial charge in [-0.1, -0.05) is 12.1 Å². The number of nitro groups is 1. The molecule has 0 N–H and O–H groups in total. The number of carbonyl (C=O) groups is 1. The van der Waals surface area contributed by atoms with Gasteiger partial charge >= 0.3 is 12.1 Å². The maximum Gasteiger partial charge on any atom is 0.416 e. The van der Waals surface area contributed by atoms with Gasteiger partial charge in [-0.05, 0) is 36.4 Å². The Balaban J connectivity index is 1.40. The molecule has 0 unspecified atom stereocenters. The summed E-state index contributed by atoms with van der Waals surface area (Å²) in [6, 6.07) is 12.5. The fourth-order valence-electron chi connectivity index (χ4n) is 2.80. The largest absolute Gasteiger partial charge is 0.450 e. The van der Waals surface area contributed by atoms with Crippen LogP contribution in [0.3, 0.4) is 0 Å². The minimum atomic E-state index is -4.51. The van der Waals surface area contributed by atoms with Crippen molar-refractivity contribution in [3.8, 4) is 22.8 Å². The molecule has 9 nitrogen and oxygen atoms in total. The average molecular weight is 459 g/mol. The lowest BCUT2D eigenvalue weighted by Crippen LogP contribution is -2.04. The van der Waals surface area contributed by atoms with Crippen LogP contribution in [0, 0.1) is 10.1 Å². The number of halogens is 3. The second kappa shape index (κ2) is 8.57. The molecule has 0 saturated heterocycles. The summed E-state index contributed by atoms with van der Waals surface area (Å²) in [5, 5.41) is 18.2. The number of furan rings is 1. The molecule has 0 aliphatic heterocycles. The molecule has 0 fully saturated rings. The summed E-state index contributed by atoms with van der Waals surface area (Å²) < 4.78 is 54.4. The van der Waals surface area contributed by atoms with Crippen LogP contribution >= 0.6 is 0 Å². The maximum absolute atomic E-state index is 12.9. The van der Waals surface area contributed by atoms with Gasteiger partial charge in [0, 0.05) is 23.3 Å². The lowest BCUT2D eigenvalue weighted by atomic mass is 10.1. The van der Waals surface area contributed by atoms with E-state index >= 15 is 0 Å². The van der Waals surface area contributed by atoms with Crippen LogP contribution in [0.4, 0.5) is 18.9 Å². The molecule has 0 radical (unpaired) electrons. The van der Waals surface area contributed by atoms with Gasteiger partial charge in [-0.25, -0.2) is 4.79 Å². The monoisotopic (exact) mass is 459 g/mol. The van der Waals surface area contributed by atoms with Gasteiger partial charge in [-0.15, -0.1) is 10.2 Å². The zero-order valence-corrected chi connectivity index (χ0v) is 16.4. The molecule has 0 bridgehead atoms. The molecule has 168 valence electrons. The standard InChI is InChI=1S/C21H12F3N3O6/c22-21(23,24)14-3-1-2-13(10-14)16-8-9-17(32-16)20(28)31-11-18-25-26-19(33-18)12-4-6-15(7-5-12)27(29)30/h1-10H,11H2. The van der Waals surface area contributed by atoms with Gasteiger partial charge in [0.15, 0.2) is 6.61 Å². The highest BCUT2D eigenvalue weighted by Crippen LogP contribution is 2.32. The number of aromatic nitrogens is 2. The highest BCUT2D eigenvalue weighted by atomic mass is 19.4. The molecular formula is C21H12F3N3O6. The average Bonchev–Trinajstić information content (AvgIpc) is 3.47. The van der Waals surface area contributed by atoms with Crippen LogP contribution in [-0.2, 0) is 17.5 Å². The summed E-state index contributed by atoms with van der Waals surface area (Å²) in [5.74, 6) is -1.02. The van der Waals surface area contributed by atoms with Gasteiger partial charge in [-0.2, -0.15) is 13.2 Å². The highest BCUT2D eigenvalue weighted by Gasteiger charge is 2.30. The lowest BCUT2D eigenvalue weighted by Gasteiger charge is -2.07. The van der Waals surface area contributed by atoms with E-state index in [9.17, 15) is 28.1 Å². The molecule has 0 aliphatic rings. The van der Waals surface area contributed by atoms with Crippen LogP contribution in [-0.4, -0.2) is 21.1 Å². The molecule has 2 aromatic carbocycles. The molecular weight excluding hydrogens is 447 g/mol. The Labute approximate surface area is 182 Å². The number of rotatable bonds is 6. The molecule has 2 aromatic heterocycles. The Morgan fingerprint density at radius 3 is 2.45 bits per heavy atom. The molecule has 2 heterocycles. The normalized spacial score (nSPS) is 11.4. The fraction of sp³-hybridized carbons (Fsp3) is 0.0952. The zero-order chi connectivity index (χ0) is 23.6. The third-order valence-electron chi connectivity index (χ3n) is 4.40. The summed E-state index contributed by atoms with van der Waals surface area (Å²) in [7, 11) is 0. The quantitative estimate of drug-likeness (QED) is 0.217. The van der Waals surface area contributed by atoms with E-state index in [2.05, 4.69) is 10.2 Å². The molecule has 0 atom stereocenters. The third kappa shape index (κ3) is 4.89. The van der Waals surface area contributed by atoms with Crippen molar-refractivity contribution in [2.24, 2.45) is 0 Å². The Bertz CT molecular complexity index is 1310. The van der Waals surface area contributed by atoms with Crippen LogP contribution in [0.15, 0.2) is 69.5 Å². The number of hydrogen-bond acceptors (Lipinski definition) is 8. The molecule has 33 heavy (non-hydrogen) atoms. The summed E-state index contributed by atoms with van der Waals surface area (Å²) in [6.07, 6.45) is -4.51. The Morgan fingerprint density at radius 2 is 1.76 bits per heavy atom. The van der Waals surface area contributed by atoms with E-state index in [4.69, 9.17) is 13.6 Å². The summed E-state index contributed by atoms with van der Waals surface area (Å²) in [6.45, 7) is -0.390. The van der Waals surface area contributed by atoms with E-state index in [-0.39, 0.29) is 34.6 Å². The van der Waals surface area contributed by atoms with Crippen molar-refractivity contribution in [2.45, 2.75) is 12.8 Å². The van der Waals surface area contributed by atoms with Gasteiger partial charge < -0.3 is 13.6 Å². The number of esters is 1. The molecule has 0 aliphatic carbocycles. The smallest absolute Gasteiger partial charge is 0.416 e. The molecule has 0 spiro atoms. The van der Waals surface area contributed by atoms with Crippen molar-refractivity contribution in [3.63, 3.8) is 0 Å². The second-order valence-corrected chi connectivity index (χ2v) is 6.62. The number of non-ortho nitro benzene ring substituents is 1. The van der Waals surface area contributed by atoms with Gasteiger partial charge in [0.1, 0.15) is 5.76 Å². The maximum atomic E-state index is 12.9. The molecule has 12 heteroatoms. The Hall–Kier alpha value is -4.48. The number of carbonyl (C=O) groups excluding carboxylic acids is 1. The van der Waals surface area contributed by atoms with Gasteiger partial charge in [0.2, 0.25) is 11.7 Å². The van der Waals surface area contributed by atoms with Crippen LogP contribution in [0.25, 0.3) is 22.8 Å². The van der Waals surface area contributed by atoms with Crippen molar-refractivity contribution >= 4 is 11.7 Å². The van der Waals surface area contributed by atoms with Crippen molar-refractivity contribution in [1.82, 2.24) is 10.2 Å². The molecule has 4 aromatic rings. The topological polar surface area (TPSA) is 122 Å². The first-order valence-electron chi connectivity index (χ1n) is 9.22. The minimum absolute atomic E-state index is 0.0404. The number of nitrogens with zero attached hydrogens (tertiary/aromatic N) is 3. The number of benzene rings is 2. The predicted octanol–water partition coefficient (Wildman–Crippen LogP) is 5.28. The number of alkyl halides is 3. The lowest BCUT2D eigenvalue weighted by molar-refractivity contribution is -0.384. The van der Waals surface area contributed by atoms with Gasteiger partial charge in [-0.3, -0.25) is 10.1 Å². The van der Waals surface area contributed by atoms with Crippen molar-refractivity contribution in [2.75, 3.05) is 0 Å². The summed E-state index contributed by atoms with van der Waals surface area (Å²) in [4.78, 5) is 22.4. The Morgan fingerprint density at radius 1 is 1.00 bits per heavy atom. The number of ether oxygens (including phenoxy) is 1. The third-order valence-corrected chi connectivity index (χ3v) is 4.40. The molecule has 0 saturated carbocycles. The van der Waals surface area contributed by atoms with Crippen molar-refractivity contribution < 1.29 is 36.5 Å². The highest BCUT2D eigenvalue weighted by molar-refractivity contribution is 5.87. The summed E-state index contributed by atoms with van der Waals surface area (Å²) in [5.41, 5.74) is -0.368. The van der Waals surface area contributed by atoms with Crippen LogP contribution in [0.2, 0.25) is 0 Å². The van der Waals surface area contributed by atoms with E-state index in [0.29, 0.717) is 5.56 Å². The number of nitro benzene ring substituents is 1. The minimum Gasteiger partial charge on any atom is -0.450 e. The summed E-state index contributed by atoms with van der Waals surface area (Å²) >= 11 is 0. The predicted molar refractivity (Wildman–Crippen MR) is 105 cm³/mol. The molecule has 4 rings (SSSR count). The van der Waals surface area contributed by atoms with Crippen molar-refractivity contribution in [3.05, 3.63) is 88.0 Å². The van der Waals surface area contributed by atoms with Gasteiger partial charge in [0.05, 0.1) is 10.5 Å². The van der Waals surface area contributed by atoms with Crippen molar-refractivity contribution in [1.29, 1.82) is 0 Å². The van der Waals surface area contributed by atoms with E-state index in [1.54, 1.807) is 0 Å². The van der Waals surface area contributed by atoms with E-state index in [0.717, 1.165) is 12.1 Å². The van der Waals surface area contributed by atoms with E-state index in [1.807, 2.05) is 0 Å². The first kappa shape index (κ1) is 21.7. The van der Waals surface area contributed by atoms with Gasteiger partial charge in [0.25, 0.3) is 11.6 Å². The first-order valence-corrected chi connectivity index (χ1v) is 9.22. The van der Waals surface area contributed by atoms with E-state index in [1.165, 1.54) is 48.5 Å². The first-order chi connectivity index (χ1) is 15.7. The zero-order valence-electron chi connectivity index (χ0n) is 16.4. The fourth-order valence-corrected chi connectivity index (χ4v) is 2.80. The van der Waals surface area contributed by atoms with Crippen LogP contribution < -0.4 is 0 Å².